The van der Waals surface area contributed by atoms with Gasteiger partial charge in [-0.3, -0.25) is 4.90 Å². The lowest BCUT2D eigenvalue weighted by molar-refractivity contribution is 0.182. The number of sulfonamides is 1. The third-order valence-corrected chi connectivity index (χ3v) is 8.24. The molecule has 8 heteroatoms. The Hall–Kier alpha value is -2.19. The molecule has 3 aromatic rings. The van der Waals surface area contributed by atoms with E-state index in [9.17, 15) is 13.2 Å². The van der Waals surface area contributed by atoms with E-state index in [0.717, 1.165) is 27.6 Å². The fourth-order valence-corrected chi connectivity index (χ4v) is 5.87. The molecule has 0 atom stereocenters. The molecular formula is C23H25ClN2O4S. The lowest BCUT2D eigenvalue weighted by Gasteiger charge is -2.34. The van der Waals surface area contributed by atoms with Crippen LogP contribution in [-0.4, -0.2) is 43.8 Å². The van der Waals surface area contributed by atoms with Crippen molar-refractivity contribution in [2.75, 3.05) is 26.2 Å². The molecule has 4 rings (SSSR count). The maximum atomic E-state index is 13.2. The van der Waals surface area contributed by atoms with E-state index in [-0.39, 0.29) is 0 Å². The van der Waals surface area contributed by atoms with Gasteiger partial charge in [-0.25, -0.2) is 13.2 Å². The van der Waals surface area contributed by atoms with Crippen molar-refractivity contribution in [2.45, 2.75) is 32.2 Å². The van der Waals surface area contributed by atoms with Crippen molar-refractivity contribution in [1.82, 2.24) is 9.21 Å². The summed E-state index contributed by atoms with van der Waals surface area (Å²) < 4.78 is 33.2. The van der Waals surface area contributed by atoms with Gasteiger partial charge in [0.15, 0.2) is 0 Å². The number of hydrogen-bond acceptors (Lipinski definition) is 5. The van der Waals surface area contributed by atoms with E-state index in [2.05, 4.69) is 4.90 Å². The summed E-state index contributed by atoms with van der Waals surface area (Å²) in [5.74, 6) is 0. The zero-order valence-corrected chi connectivity index (χ0v) is 19.4. The van der Waals surface area contributed by atoms with Crippen LogP contribution in [0.4, 0.5) is 0 Å². The molecule has 0 spiro atoms. The average molecular weight is 461 g/mol. The Morgan fingerprint density at radius 1 is 0.968 bits per heavy atom. The summed E-state index contributed by atoms with van der Waals surface area (Å²) in [4.78, 5) is 14.6. The fourth-order valence-electron chi connectivity index (χ4n) is 3.97. The highest BCUT2D eigenvalue weighted by Crippen LogP contribution is 2.27. The summed E-state index contributed by atoms with van der Waals surface area (Å²) in [5, 5.41) is 1.42. The van der Waals surface area contributed by atoms with Crippen molar-refractivity contribution in [3.05, 3.63) is 74.1 Å². The normalized spacial score (nSPS) is 16.1. The molecule has 2 heterocycles. The zero-order valence-electron chi connectivity index (χ0n) is 17.8. The van der Waals surface area contributed by atoms with Crippen molar-refractivity contribution in [3.63, 3.8) is 0 Å². The Balaban J connectivity index is 1.53. The summed E-state index contributed by atoms with van der Waals surface area (Å²) in [6.07, 6.45) is 0. The zero-order chi connectivity index (χ0) is 22.3. The van der Waals surface area contributed by atoms with Gasteiger partial charge in [0.25, 0.3) is 0 Å². The third-order valence-electron chi connectivity index (χ3n) is 5.80. The minimum atomic E-state index is -3.54. The molecule has 0 bridgehead atoms. The maximum absolute atomic E-state index is 13.2. The van der Waals surface area contributed by atoms with E-state index in [0.29, 0.717) is 48.2 Å². The van der Waals surface area contributed by atoms with E-state index in [1.54, 1.807) is 16.4 Å². The van der Waals surface area contributed by atoms with Crippen molar-refractivity contribution in [1.29, 1.82) is 0 Å². The van der Waals surface area contributed by atoms with Crippen molar-refractivity contribution in [3.8, 4) is 0 Å². The molecule has 1 saturated heterocycles. The monoisotopic (exact) mass is 460 g/mol. The van der Waals surface area contributed by atoms with Crippen LogP contribution in [0.3, 0.4) is 0 Å². The first-order chi connectivity index (χ1) is 14.6. The Morgan fingerprint density at radius 2 is 1.68 bits per heavy atom. The Kier molecular flexibility index (Phi) is 5.96. The second kappa shape index (κ2) is 8.39. The van der Waals surface area contributed by atoms with E-state index in [1.165, 1.54) is 6.07 Å². The number of nitrogens with zero attached hydrogens (tertiary/aromatic N) is 2. The molecule has 0 unspecified atom stereocenters. The van der Waals surface area contributed by atoms with E-state index >= 15 is 0 Å². The number of halogens is 1. The number of hydrogen-bond donors (Lipinski definition) is 0. The SMILES string of the molecule is Cc1ccc(C)c(S(=O)(=O)N2CCN(Cc3cc(=O)oc4cc(C)c(Cl)cc34)CC2)c1. The van der Waals surface area contributed by atoms with Gasteiger partial charge < -0.3 is 4.42 Å². The molecular weight excluding hydrogens is 436 g/mol. The summed E-state index contributed by atoms with van der Waals surface area (Å²) in [6, 6.07) is 10.6. The number of piperazine rings is 1. The van der Waals surface area contributed by atoms with Crippen LogP contribution < -0.4 is 5.63 Å². The van der Waals surface area contributed by atoms with Gasteiger partial charge >= 0.3 is 5.63 Å². The minimum absolute atomic E-state index is 0.373. The minimum Gasteiger partial charge on any atom is -0.423 e. The van der Waals surface area contributed by atoms with Gasteiger partial charge in [-0.15, -0.1) is 0 Å². The van der Waals surface area contributed by atoms with Crippen LogP contribution in [-0.2, 0) is 16.6 Å². The third kappa shape index (κ3) is 4.41. The molecule has 1 aliphatic rings. The molecule has 1 aliphatic heterocycles. The van der Waals surface area contributed by atoms with Crippen molar-refractivity contribution < 1.29 is 12.8 Å². The largest absolute Gasteiger partial charge is 0.423 e. The molecule has 0 saturated carbocycles. The highest BCUT2D eigenvalue weighted by molar-refractivity contribution is 7.89. The van der Waals surface area contributed by atoms with Gasteiger partial charge in [-0.05, 0) is 61.2 Å². The number of benzene rings is 2. The van der Waals surface area contributed by atoms with Gasteiger partial charge in [-0.2, -0.15) is 4.31 Å². The van der Waals surface area contributed by atoms with Crippen LogP contribution in [0.1, 0.15) is 22.3 Å². The molecule has 31 heavy (non-hydrogen) atoms. The van der Waals surface area contributed by atoms with Crippen LogP contribution in [0.25, 0.3) is 11.0 Å². The Labute approximate surface area is 187 Å². The maximum Gasteiger partial charge on any atom is 0.336 e. The lowest BCUT2D eigenvalue weighted by Crippen LogP contribution is -2.48. The first-order valence-electron chi connectivity index (χ1n) is 10.2. The highest BCUT2D eigenvalue weighted by atomic mass is 35.5. The molecule has 0 radical (unpaired) electrons. The molecule has 2 aromatic carbocycles. The quantitative estimate of drug-likeness (QED) is 0.552. The topological polar surface area (TPSA) is 70.8 Å². The summed E-state index contributed by atoms with van der Waals surface area (Å²) in [6.45, 7) is 8.05. The molecule has 0 aliphatic carbocycles. The fraction of sp³-hybridized carbons (Fsp3) is 0.348. The standard InChI is InChI=1S/C23H25ClN2O4S/c1-15-4-5-16(2)22(10-15)31(28,29)26-8-6-25(7-9-26)14-18-12-23(27)30-21-11-17(3)20(24)13-19(18)21/h4-5,10-13H,6-9,14H2,1-3H3. The molecule has 164 valence electrons. The predicted octanol–water partition coefficient (Wildman–Crippen LogP) is 3.88. The van der Waals surface area contributed by atoms with Crippen LogP contribution in [0.5, 0.6) is 0 Å². The molecule has 6 nitrogen and oxygen atoms in total. The number of fused-ring (bicyclic) bond motifs is 1. The van der Waals surface area contributed by atoms with Crippen LogP contribution in [0.15, 0.2) is 50.5 Å². The molecule has 0 N–H and O–H groups in total. The second-order valence-electron chi connectivity index (χ2n) is 8.14. The molecule has 1 fully saturated rings. The smallest absolute Gasteiger partial charge is 0.336 e. The average Bonchev–Trinajstić information content (AvgIpc) is 2.71. The van der Waals surface area contributed by atoms with E-state index in [4.69, 9.17) is 16.0 Å². The summed E-state index contributed by atoms with van der Waals surface area (Å²) in [5.41, 5.74) is 3.47. The molecule has 1 aromatic heterocycles. The summed E-state index contributed by atoms with van der Waals surface area (Å²) in [7, 11) is -3.54. The van der Waals surface area contributed by atoms with E-state index in [1.807, 2.05) is 39.0 Å². The van der Waals surface area contributed by atoms with Gasteiger partial charge in [0, 0.05) is 49.2 Å². The van der Waals surface area contributed by atoms with Gasteiger partial charge in [0.1, 0.15) is 5.58 Å². The van der Waals surface area contributed by atoms with Crippen LogP contribution in [0.2, 0.25) is 5.02 Å². The van der Waals surface area contributed by atoms with Gasteiger partial charge in [0.2, 0.25) is 10.0 Å². The van der Waals surface area contributed by atoms with Gasteiger partial charge in [-0.1, -0.05) is 23.7 Å². The second-order valence-corrected chi connectivity index (χ2v) is 10.5. The predicted molar refractivity (Wildman–Crippen MR) is 122 cm³/mol. The molecule has 0 amide bonds. The Morgan fingerprint density at radius 3 is 2.39 bits per heavy atom. The number of rotatable bonds is 4. The number of aryl methyl sites for hydroxylation is 3. The van der Waals surface area contributed by atoms with Crippen molar-refractivity contribution in [2.24, 2.45) is 0 Å². The van der Waals surface area contributed by atoms with Crippen molar-refractivity contribution >= 4 is 32.6 Å². The Bertz CT molecular complexity index is 1310. The first kappa shape index (κ1) is 22.0. The van der Waals surface area contributed by atoms with Crippen LogP contribution >= 0.6 is 11.6 Å². The van der Waals surface area contributed by atoms with E-state index < -0.39 is 15.6 Å². The summed E-state index contributed by atoms with van der Waals surface area (Å²) >= 11 is 6.29. The highest BCUT2D eigenvalue weighted by Gasteiger charge is 2.30. The van der Waals surface area contributed by atoms with Crippen LogP contribution in [0, 0.1) is 20.8 Å². The lowest BCUT2D eigenvalue weighted by atomic mass is 10.1. The first-order valence-corrected chi connectivity index (χ1v) is 12.0. The van der Waals surface area contributed by atoms with Gasteiger partial charge in [0.05, 0.1) is 4.90 Å².